The summed E-state index contributed by atoms with van der Waals surface area (Å²) in [5, 5.41) is 12.8. The van der Waals surface area contributed by atoms with Gasteiger partial charge in [-0.1, -0.05) is 17.7 Å². The number of amides is 1. The van der Waals surface area contributed by atoms with Crippen LogP contribution >= 0.6 is 11.6 Å². The second-order valence-corrected chi connectivity index (χ2v) is 6.27. The molecule has 0 aromatic heterocycles. The summed E-state index contributed by atoms with van der Waals surface area (Å²) in [6.07, 6.45) is -0.0784. The van der Waals surface area contributed by atoms with Crippen LogP contribution < -0.4 is 5.32 Å². The molecule has 2 rings (SSSR count). The number of hydrogen-bond donors (Lipinski definition) is 2. The lowest BCUT2D eigenvalue weighted by atomic mass is 10.1. The van der Waals surface area contributed by atoms with Crippen molar-refractivity contribution in [2.24, 2.45) is 0 Å². The minimum Gasteiger partial charge on any atom is -0.480 e. The van der Waals surface area contributed by atoms with Crippen LogP contribution in [0.4, 0.5) is 5.69 Å². The number of carboxylic acid groups (broad SMARTS) is 1. The third kappa shape index (κ3) is 4.67. The Kier molecular flexibility index (Phi) is 5.98. The van der Waals surface area contributed by atoms with E-state index < -0.39 is 12.0 Å². The van der Waals surface area contributed by atoms with Gasteiger partial charge in [-0.15, -0.1) is 0 Å². The van der Waals surface area contributed by atoms with Gasteiger partial charge in [-0.3, -0.25) is 14.5 Å². The predicted octanol–water partition coefficient (Wildman–Crippen LogP) is 1.68. The molecule has 0 aliphatic carbocycles. The maximum Gasteiger partial charge on any atom is 0.321 e. The van der Waals surface area contributed by atoms with Crippen LogP contribution in [0.25, 0.3) is 0 Å². The molecule has 0 radical (unpaired) electrons. The van der Waals surface area contributed by atoms with Crippen molar-refractivity contribution >= 4 is 29.2 Å². The van der Waals surface area contributed by atoms with E-state index in [1.54, 1.807) is 18.2 Å². The van der Waals surface area contributed by atoms with Crippen molar-refractivity contribution in [2.45, 2.75) is 19.4 Å². The molecule has 0 bridgehead atoms. The van der Waals surface area contributed by atoms with Gasteiger partial charge >= 0.3 is 5.97 Å². The first-order chi connectivity index (χ1) is 10.9. The average molecular weight is 340 g/mol. The third-order valence-electron chi connectivity index (χ3n) is 4.18. The fraction of sp³-hybridized carbons (Fsp3) is 0.500. The zero-order valence-electron chi connectivity index (χ0n) is 13.4. The second kappa shape index (κ2) is 7.77. The van der Waals surface area contributed by atoms with E-state index in [1.165, 1.54) is 0 Å². The van der Waals surface area contributed by atoms with E-state index in [2.05, 4.69) is 10.2 Å². The number of hydrogen-bond acceptors (Lipinski definition) is 4. The number of carboxylic acids is 1. The molecule has 1 aliphatic rings. The smallest absolute Gasteiger partial charge is 0.321 e. The standard InChI is InChI=1S/C16H22ClN3O3/c1-11-12(17)4-3-5-13(11)18-15(21)10-14(16(22)23)20-8-6-19(2)7-9-20/h3-5,14H,6-10H2,1-2H3,(H,18,21)(H,22,23)/t14-/m1/s1. The molecule has 1 atom stereocenters. The highest BCUT2D eigenvalue weighted by Crippen LogP contribution is 2.23. The van der Waals surface area contributed by atoms with E-state index in [0.717, 1.165) is 18.7 Å². The first-order valence-electron chi connectivity index (χ1n) is 7.59. The summed E-state index contributed by atoms with van der Waals surface area (Å²) in [5.74, 6) is -1.28. The molecule has 0 saturated carbocycles. The molecular formula is C16H22ClN3O3. The molecule has 1 aromatic rings. The number of rotatable bonds is 5. The SMILES string of the molecule is Cc1c(Cl)cccc1NC(=O)C[C@H](C(=O)O)N1CCN(C)CC1. The van der Waals surface area contributed by atoms with Crippen molar-refractivity contribution in [3.8, 4) is 0 Å². The number of piperazine rings is 1. The van der Waals surface area contributed by atoms with E-state index in [1.807, 2.05) is 18.9 Å². The molecule has 1 saturated heterocycles. The van der Waals surface area contributed by atoms with E-state index in [9.17, 15) is 14.7 Å². The Hall–Kier alpha value is -1.63. The molecule has 23 heavy (non-hydrogen) atoms. The van der Waals surface area contributed by atoms with Crippen LogP contribution in [0.3, 0.4) is 0 Å². The summed E-state index contributed by atoms with van der Waals surface area (Å²) in [4.78, 5) is 27.8. The van der Waals surface area contributed by atoms with Gasteiger partial charge in [-0.05, 0) is 31.7 Å². The molecule has 0 spiro atoms. The highest BCUT2D eigenvalue weighted by molar-refractivity contribution is 6.31. The molecule has 0 unspecified atom stereocenters. The number of benzene rings is 1. The molecule has 7 heteroatoms. The number of anilines is 1. The number of carbonyl (C=O) groups excluding carboxylic acids is 1. The van der Waals surface area contributed by atoms with Crippen LogP contribution in [-0.2, 0) is 9.59 Å². The minimum atomic E-state index is -0.965. The van der Waals surface area contributed by atoms with Crippen LogP contribution in [0.5, 0.6) is 0 Å². The first-order valence-corrected chi connectivity index (χ1v) is 7.96. The number of carbonyl (C=O) groups is 2. The lowest BCUT2D eigenvalue weighted by Gasteiger charge is -2.35. The zero-order chi connectivity index (χ0) is 17.0. The Labute approximate surface area is 141 Å². The van der Waals surface area contributed by atoms with Crippen molar-refractivity contribution in [1.82, 2.24) is 9.80 Å². The van der Waals surface area contributed by atoms with Crippen molar-refractivity contribution < 1.29 is 14.7 Å². The van der Waals surface area contributed by atoms with Gasteiger partial charge in [0.25, 0.3) is 0 Å². The van der Waals surface area contributed by atoms with Crippen LogP contribution in [0.1, 0.15) is 12.0 Å². The summed E-state index contributed by atoms with van der Waals surface area (Å²) >= 11 is 6.03. The minimum absolute atomic E-state index is 0.0784. The second-order valence-electron chi connectivity index (χ2n) is 5.86. The zero-order valence-corrected chi connectivity index (χ0v) is 14.1. The Morgan fingerprint density at radius 1 is 1.30 bits per heavy atom. The van der Waals surface area contributed by atoms with E-state index in [-0.39, 0.29) is 12.3 Å². The Bertz CT molecular complexity index is 586. The van der Waals surface area contributed by atoms with Gasteiger partial charge in [0.1, 0.15) is 6.04 Å². The summed E-state index contributed by atoms with van der Waals surface area (Å²) in [6.45, 7) is 4.72. The lowest BCUT2D eigenvalue weighted by Crippen LogP contribution is -2.52. The maximum absolute atomic E-state index is 12.2. The van der Waals surface area contributed by atoms with E-state index in [4.69, 9.17) is 11.6 Å². The summed E-state index contributed by atoms with van der Waals surface area (Å²) in [5.41, 5.74) is 1.39. The number of aliphatic carboxylic acids is 1. The maximum atomic E-state index is 12.2. The van der Waals surface area contributed by atoms with Gasteiger partial charge < -0.3 is 15.3 Å². The average Bonchev–Trinajstić information content (AvgIpc) is 2.50. The topological polar surface area (TPSA) is 72.9 Å². The molecule has 126 valence electrons. The highest BCUT2D eigenvalue weighted by Gasteiger charge is 2.30. The largest absolute Gasteiger partial charge is 0.480 e. The van der Waals surface area contributed by atoms with Gasteiger partial charge in [0.2, 0.25) is 5.91 Å². The van der Waals surface area contributed by atoms with Crippen molar-refractivity contribution in [2.75, 3.05) is 38.5 Å². The molecular weight excluding hydrogens is 318 g/mol. The number of nitrogens with one attached hydrogen (secondary N) is 1. The molecule has 1 heterocycles. The van der Waals surface area contributed by atoms with Gasteiger partial charge in [-0.25, -0.2) is 0 Å². The molecule has 1 aromatic carbocycles. The van der Waals surface area contributed by atoms with E-state index in [0.29, 0.717) is 23.8 Å². The number of halogens is 1. The van der Waals surface area contributed by atoms with Crippen LogP contribution in [0, 0.1) is 6.92 Å². The van der Waals surface area contributed by atoms with Crippen LogP contribution in [0.15, 0.2) is 18.2 Å². The third-order valence-corrected chi connectivity index (χ3v) is 4.59. The first kappa shape index (κ1) is 17.7. The monoisotopic (exact) mass is 339 g/mol. The van der Waals surface area contributed by atoms with E-state index >= 15 is 0 Å². The molecule has 1 amide bonds. The lowest BCUT2D eigenvalue weighted by molar-refractivity contribution is -0.145. The normalized spacial score (nSPS) is 17.7. The van der Waals surface area contributed by atoms with Crippen LogP contribution in [0.2, 0.25) is 5.02 Å². The summed E-state index contributed by atoms with van der Waals surface area (Å²) in [7, 11) is 2.00. The van der Waals surface area contributed by atoms with Crippen molar-refractivity contribution in [1.29, 1.82) is 0 Å². The van der Waals surface area contributed by atoms with Crippen molar-refractivity contribution in [3.05, 3.63) is 28.8 Å². The van der Waals surface area contributed by atoms with Gasteiger partial charge in [0, 0.05) is 36.9 Å². The Morgan fingerprint density at radius 3 is 2.57 bits per heavy atom. The fourth-order valence-electron chi connectivity index (χ4n) is 2.63. The predicted molar refractivity (Wildman–Crippen MR) is 89.9 cm³/mol. The molecule has 1 fully saturated rings. The van der Waals surface area contributed by atoms with Crippen LogP contribution in [-0.4, -0.2) is 66.1 Å². The number of nitrogens with zero attached hydrogens (tertiary/aromatic N) is 2. The molecule has 6 nitrogen and oxygen atoms in total. The van der Waals surface area contributed by atoms with Gasteiger partial charge in [-0.2, -0.15) is 0 Å². The summed E-state index contributed by atoms with van der Waals surface area (Å²) < 4.78 is 0. The highest BCUT2D eigenvalue weighted by atomic mass is 35.5. The number of likely N-dealkylation sites (N-methyl/N-ethyl adjacent to an activating group) is 1. The summed E-state index contributed by atoms with van der Waals surface area (Å²) in [6, 6.07) is 4.45. The molecule has 2 N–H and O–H groups in total. The van der Waals surface area contributed by atoms with Gasteiger partial charge in [0.15, 0.2) is 0 Å². The van der Waals surface area contributed by atoms with Gasteiger partial charge in [0.05, 0.1) is 6.42 Å². The molecule has 1 aliphatic heterocycles. The van der Waals surface area contributed by atoms with Crippen molar-refractivity contribution in [3.63, 3.8) is 0 Å². The Balaban J connectivity index is 2.01. The quantitative estimate of drug-likeness (QED) is 0.854. The fourth-order valence-corrected chi connectivity index (χ4v) is 2.80. The Morgan fingerprint density at radius 2 is 1.96 bits per heavy atom.